The van der Waals surface area contributed by atoms with E-state index in [-0.39, 0.29) is 6.04 Å². The smallest absolute Gasteiger partial charge is 0.244 e. The predicted molar refractivity (Wildman–Crippen MR) is 77.6 cm³/mol. The Morgan fingerprint density at radius 3 is 2.75 bits per heavy atom. The lowest BCUT2D eigenvalue weighted by molar-refractivity contribution is 0.129. The van der Waals surface area contributed by atoms with Crippen molar-refractivity contribution in [1.29, 1.82) is 0 Å². The Morgan fingerprint density at radius 2 is 2.00 bits per heavy atom. The molecule has 1 saturated carbocycles. The van der Waals surface area contributed by atoms with Crippen molar-refractivity contribution in [3.05, 3.63) is 18.0 Å². The average Bonchev–Trinajstić information content (AvgIpc) is 2.96. The van der Waals surface area contributed by atoms with Crippen molar-refractivity contribution in [1.82, 2.24) is 9.29 Å². The molecule has 3 N–H and O–H groups in total. The van der Waals surface area contributed by atoms with E-state index in [9.17, 15) is 8.42 Å². The topological polar surface area (TPSA) is 79.2 Å². The molecule has 1 aliphatic carbocycles. The van der Waals surface area contributed by atoms with Gasteiger partial charge in [0.05, 0.1) is 4.90 Å². The van der Waals surface area contributed by atoms with Crippen LogP contribution in [-0.4, -0.2) is 30.3 Å². The van der Waals surface area contributed by atoms with Crippen molar-refractivity contribution in [2.75, 3.05) is 6.54 Å². The molecule has 1 aliphatic heterocycles. The van der Waals surface area contributed by atoms with E-state index in [0.717, 1.165) is 25.0 Å². The molecular formula is C14H23N3O2S. The molecule has 1 aromatic rings. The Bertz CT molecular complexity index is 565. The fraction of sp³-hybridized carbons (Fsp3) is 0.714. The molecule has 6 heteroatoms. The molecule has 20 heavy (non-hydrogen) atoms. The van der Waals surface area contributed by atoms with E-state index in [1.165, 1.54) is 19.3 Å². The van der Waals surface area contributed by atoms with Gasteiger partial charge in [-0.1, -0.05) is 12.8 Å². The summed E-state index contributed by atoms with van der Waals surface area (Å²) in [6.07, 6.45) is 8.32. The van der Waals surface area contributed by atoms with Crippen molar-refractivity contribution in [3.8, 4) is 0 Å². The third-order valence-corrected chi connectivity index (χ3v) is 6.64. The van der Waals surface area contributed by atoms with Gasteiger partial charge < -0.3 is 10.7 Å². The van der Waals surface area contributed by atoms with Crippen LogP contribution >= 0.6 is 0 Å². The van der Waals surface area contributed by atoms with E-state index in [1.807, 2.05) is 0 Å². The fourth-order valence-corrected chi connectivity index (χ4v) is 5.47. The van der Waals surface area contributed by atoms with Crippen molar-refractivity contribution in [3.63, 3.8) is 0 Å². The molecule has 0 amide bonds. The highest BCUT2D eigenvalue weighted by atomic mass is 32.2. The number of fused-ring (bicyclic) bond motifs is 1. The summed E-state index contributed by atoms with van der Waals surface area (Å²) in [5.41, 5.74) is 6.32. The minimum atomic E-state index is -3.38. The first-order chi connectivity index (χ1) is 9.63. The molecule has 3 rings (SSSR count). The number of sulfonamides is 1. The summed E-state index contributed by atoms with van der Waals surface area (Å²) >= 11 is 0. The Balaban J connectivity index is 1.89. The summed E-state index contributed by atoms with van der Waals surface area (Å²) in [4.78, 5) is 3.31. The summed E-state index contributed by atoms with van der Waals surface area (Å²) in [6, 6.07) is 1.88. The van der Waals surface area contributed by atoms with E-state index >= 15 is 0 Å². The van der Waals surface area contributed by atoms with Gasteiger partial charge in [-0.3, -0.25) is 0 Å². The number of hydrogen-bond acceptors (Lipinski definition) is 3. The van der Waals surface area contributed by atoms with Gasteiger partial charge in [0.1, 0.15) is 0 Å². The van der Waals surface area contributed by atoms with Crippen LogP contribution in [0.25, 0.3) is 0 Å². The van der Waals surface area contributed by atoms with Gasteiger partial charge in [-0.25, -0.2) is 8.42 Å². The second-order valence-corrected chi connectivity index (χ2v) is 7.83. The molecule has 0 aromatic carbocycles. The summed E-state index contributed by atoms with van der Waals surface area (Å²) in [5, 5.41) is 0. The SMILES string of the molecule is NCc1cc(S(=O)(=O)N2CCCC3CCCCC32)c[nH]1. The minimum Gasteiger partial charge on any atom is -0.363 e. The van der Waals surface area contributed by atoms with Gasteiger partial charge >= 0.3 is 0 Å². The van der Waals surface area contributed by atoms with Crippen LogP contribution < -0.4 is 5.73 Å². The molecule has 2 heterocycles. The zero-order chi connectivity index (χ0) is 14.2. The van der Waals surface area contributed by atoms with Crippen LogP contribution in [0.4, 0.5) is 0 Å². The second kappa shape index (κ2) is 5.50. The van der Waals surface area contributed by atoms with Gasteiger partial charge in [0.25, 0.3) is 0 Å². The zero-order valence-corrected chi connectivity index (χ0v) is 12.5. The lowest BCUT2D eigenvalue weighted by atomic mass is 9.79. The predicted octanol–water partition coefficient (Wildman–Crippen LogP) is 1.82. The molecule has 1 saturated heterocycles. The molecule has 2 unspecified atom stereocenters. The maximum Gasteiger partial charge on any atom is 0.244 e. The zero-order valence-electron chi connectivity index (χ0n) is 11.7. The largest absolute Gasteiger partial charge is 0.363 e. The molecule has 112 valence electrons. The summed E-state index contributed by atoms with van der Waals surface area (Å²) < 4.78 is 27.4. The number of piperidine rings is 1. The monoisotopic (exact) mass is 297 g/mol. The first-order valence-corrected chi connectivity index (χ1v) is 8.96. The quantitative estimate of drug-likeness (QED) is 0.893. The van der Waals surface area contributed by atoms with Crippen molar-refractivity contribution in [2.45, 2.75) is 56.0 Å². The number of aromatic nitrogens is 1. The minimum absolute atomic E-state index is 0.207. The molecule has 0 bridgehead atoms. The first kappa shape index (κ1) is 14.1. The highest BCUT2D eigenvalue weighted by molar-refractivity contribution is 7.89. The number of rotatable bonds is 3. The number of aromatic amines is 1. The molecule has 2 aliphatic rings. The van der Waals surface area contributed by atoms with Gasteiger partial charge in [0, 0.05) is 31.0 Å². The highest BCUT2D eigenvalue weighted by Gasteiger charge is 2.40. The van der Waals surface area contributed by atoms with Crippen LogP contribution in [0, 0.1) is 5.92 Å². The first-order valence-electron chi connectivity index (χ1n) is 7.52. The van der Waals surface area contributed by atoms with Gasteiger partial charge in [-0.05, 0) is 37.7 Å². The van der Waals surface area contributed by atoms with Crippen LogP contribution in [0.3, 0.4) is 0 Å². The van der Waals surface area contributed by atoms with E-state index in [1.54, 1.807) is 16.6 Å². The third kappa shape index (κ3) is 2.40. The Kier molecular flexibility index (Phi) is 3.88. The van der Waals surface area contributed by atoms with E-state index in [2.05, 4.69) is 4.98 Å². The maximum atomic E-state index is 12.8. The van der Waals surface area contributed by atoms with E-state index < -0.39 is 10.0 Å². The molecular weight excluding hydrogens is 274 g/mol. The summed E-state index contributed by atoms with van der Waals surface area (Å²) in [7, 11) is -3.38. The molecule has 2 atom stereocenters. The van der Waals surface area contributed by atoms with Crippen molar-refractivity contribution < 1.29 is 8.42 Å². The van der Waals surface area contributed by atoms with Gasteiger partial charge in [-0.15, -0.1) is 0 Å². The van der Waals surface area contributed by atoms with Crippen molar-refractivity contribution in [2.24, 2.45) is 11.7 Å². The molecule has 0 spiro atoms. The van der Waals surface area contributed by atoms with Crippen LogP contribution in [0.5, 0.6) is 0 Å². The number of nitrogens with two attached hydrogens (primary N) is 1. The van der Waals surface area contributed by atoms with Gasteiger partial charge in [0.15, 0.2) is 0 Å². The molecule has 5 nitrogen and oxygen atoms in total. The van der Waals surface area contributed by atoms with E-state index in [0.29, 0.717) is 23.9 Å². The second-order valence-electron chi connectivity index (χ2n) is 5.93. The standard InChI is InChI=1S/C14H23N3O2S/c15-9-12-8-13(10-16-12)20(18,19)17-7-3-5-11-4-1-2-6-14(11)17/h8,10-11,14,16H,1-7,9,15H2. The van der Waals surface area contributed by atoms with Gasteiger partial charge in [0.2, 0.25) is 10.0 Å². The van der Waals surface area contributed by atoms with Crippen molar-refractivity contribution >= 4 is 10.0 Å². The Labute approximate surface area is 120 Å². The fourth-order valence-electron chi connectivity index (χ4n) is 3.70. The number of nitrogens with zero attached hydrogens (tertiary/aromatic N) is 1. The lowest BCUT2D eigenvalue weighted by Crippen LogP contribution is -2.49. The van der Waals surface area contributed by atoms with Crippen LogP contribution in [0.2, 0.25) is 0 Å². The molecule has 2 fully saturated rings. The number of H-pyrrole nitrogens is 1. The number of hydrogen-bond donors (Lipinski definition) is 2. The number of nitrogens with one attached hydrogen (secondary N) is 1. The van der Waals surface area contributed by atoms with E-state index in [4.69, 9.17) is 5.73 Å². The highest BCUT2D eigenvalue weighted by Crippen LogP contribution is 2.38. The van der Waals surface area contributed by atoms with Crippen LogP contribution in [0.15, 0.2) is 17.2 Å². The molecule has 1 aromatic heterocycles. The van der Waals surface area contributed by atoms with Gasteiger partial charge in [-0.2, -0.15) is 4.31 Å². The average molecular weight is 297 g/mol. The Morgan fingerprint density at radius 1 is 1.25 bits per heavy atom. The molecule has 0 radical (unpaired) electrons. The lowest BCUT2D eigenvalue weighted by Gasteiger charge is -2.42. The third-order valence-electron chi connectivity index (χ3n) is 4.74. The normalized spacial score (nSPS) is 28.2. The van der Waals surface area contributed by atoms with Crippen LogP contribution in [0.1, 0.15) is 44.2 Å². The summed E-state index contributed by atoms with van der Waals surface area (Å²) in [6.45, 7) is 0.994. The Hall–Kier alpha value is -0.850. The maximum absolute atomic E-state index is 12.8. The summed E-state index contributed by atoms with van der Waals surface area (Å²) in [5.74, 6) is 0.556. The van der Waals surface area contributed by atoms with Crippen LogP contribution in [-0.2, 0) is 16.6 Å².